The van der Waals surface area contributed by atoms with Crippen molar-refractivity contribution in [1.29, 1.82) is 0 Å². The molecule has 2 atom stereocenters. The molecule has 1 aliphatic heterocycles. The van der Waals surface area contributed by atoms with E-state index < -0.39 is 0 Å². The van der Waals surface area contributed by atoms with Crippen LogP contribution in [0.1, 0.15) is 26.7 Å². The molecule has 5 rings (SSSR count). The lowest BCUT2D eigenvalue weighted by Crippen LogP contribution is -2.52. The maximum absolute atomic E-state index is 2.67. The lowest BCUT2D eigenvalue weighted by molar-refractivity contribution is -0.0107. The third-order valence-corrected chi connectivity index (χ3v) is 6.48. The summed E-state index contributed by atoms with van der Waals surface area (Å²) in [7, 11) is 0. The summed E-state index contributed by atoms with van der Waals surface area (Å²) in [5, 5.41) is 0. The Hall–Kier alpha value is -1.28. The standard InChI is InChI=1S/C20H28N2/c1-20(2)17-9-8-16(19(20)14-17)15-21-10-12-22(13-11-21)18-6-4-3-5-7-18/h3-8,17,19H,9-15H2,1-2H3/t17-,19-/m1/s1. The van der Waals surface area contributed by atoms with Crippen molar-refractivity contribution in [1.82, 2.24) is 4.90 Å². The van der Waals surface area contributed by atoms with Gasteiger partial charge in [0.15, 0.2) is 0 Å². The number of allylic oxidation sites excluding steroid dienone is 1. The molecule has 0 amide bonds. The third kappa shape index (κ3) is 2.38. The first-order valence-electron chi connectivity index (χ1n) is 8.86. The Kier molecular flexibility index (Phi) is 3.53. The predicted molar refractivity (Wildman–Crippen MR) is 93.2 cm³/mol. The van der Waals surface area contributed by atoms with Crippen molar-refractivity contribution in [2.45, 2.75) is 26.7 Å². The Balaban J connectivity index is 1.34. The number of fused-ring (bicyclic) bond motifs is 1. The van der Waals surface area contributed by atoms with E-state index in [0.717, 1.165) is 24.9 Å². The van der Waals surface area contributed by atoms with Crippen molar-refractivity contribution in [3.8, 4) is 0 Å². The molecule has 2 bridgehead atoms. The van der Waals surface area contributed by atoms with Crippen LogP contribution in [-0.4, -0.2) is 37.6 Å². The Bertz CT molecular complexity index is 552. The van der Waals surface area contributed by atoms with Crippen molar-refractivity contribution in [3.05, 3.63) is 42.0 Å². The summed E-state index contributed by atoms with van der Waals surface area (Å²) >= 11 is 0. The molecule has 118 valence electrons. The summed E-state index contributed by atoms with van der Waals surface area (Å²) in [6.45, 7) is 10.9. The quantitative estimate of drug-likeness (QED) is 0.783. The van der Waals surface area contributed by atoms with E-state index in [1.165, 1.54) is 38.2 Å². The molecule has 1 saturated carbocycles. The lowest BCUT2D eigenvalue weighted by Gasteiger charge is -2.57. The van der Waals surface area contributed by atoms with Gasteiger partial charge in [-0.2, -0.15) is 0 Å². The first-order valence-corrected chi connectivity index (χ1v) is 8.86. The molecule has 4 aliphatic rings. The van der Waals surface area contributed by atoms with Crippen LogP contribution in [0.5, 0.6) is 0 Å². The summed E-state index contributed by atoms with van der Waals surface area (Å²) in [5.41, 5.74) is 3.68. The molecule has 0 N–H and O–H groups in total. The molecule has 1 saturated heterocycles. The number of nitrogens with zero attached hydrogens (tertiary/aromatic N) is 2. The highest BCUT2D eigenvalue weighted by Crippen LogP contribution is 2.59. The number of hydrogen-bond acceptors (Lipinski definition) is 2. The van der Waals surface area contributed by atoms with E-state index in [-0.39, 0.29) is 0 Å². The van der Waals surface area contributed by atoms with Gasteiger partial charge < -0.3 is 4.90 Å². The van der Waals surface area contributed by atoms with Gasteiger partial charge in [-0.1, -0.05) is 43.7 Å². The fourth-order valence-corrected chi connectivity index (χ4v) is 4.72. The first kappa shape index (κ1) is 14.3. The number of benzene rings is 1. The van der Waals surface area contributed by atoms with Crippen LogP contribution >= 0.6 is 0 Å². The van der Waals surface area contributed by atoms with Crippen molar-refractivity contribution in [3.63, 3.8) is 0 Å². The normalized spacial score (nSPS) is 30.6. The molecular formula is C20H28N2. The van der Waals surface area contributed by atoms with Crippen LogP contribution in [0.4, 0.5) is 5.69 Å². The zero-order valence-corrected chi connectivity index (χ0v) is 14.0. The zero-order chi connectivity index (χ0) is 15.2. The van der Waals surface area contributed by atoms with Crippen molar-refractivity contribution in [2.24, 2.45) is 17.3 Å². The predicted octanol–water partition coefficient (Wildman–Crippen LogP) is 3.80. The molecule has 2 fully saturated rings. The maximum Gasteiger partial charge on any atom is 0.0367 e. The summed E-state index contributed by atoms with van der Waals surface area (Å²) in [5.74, 6) is 1.81. The second-order valence-electron chi connectivity index (χ2n) is 7.92. The van der Waals surface area contributed by atoms with E-state index in [1.807, 2.05) is 0 Å². The smallest absolute Gasteiger partial charge is 0.0367 e. The molecule has 1 heterocycles. The van der Waals surface area contributed by atoms with Crippen LogP contribution in [0, 0.1) is 17.3 Å². The van der Waals surface area contributed by atoms with Gasteiger partial charge in [0.25, 0.3) is 0 Å². The molecule has 1 aromatic carbocycles. The van der Waals surface area contributed by atoms with Crippen molar-refractivity contribution >= 4 is 5.69 Å². The molecule has 1 aromatic rings. The second-order valence-corrected chi connectivity index (χ2v) is 7.92. The number of piperazine rings is 1. The topological polar surface area (TPSA) is 6.48 Å². The van der Waals surface area contributed by atoms with E-state index in [4.69, 9.17) is 0 Å². The second kappa shape index (κ2) is 5.42. The summed E-state index contributed by atoms with van der Waals surface area (Å²) in [6, 6.07) is 10.9. The Morgan fingerprint density at radius 1 is 1.05 bits per heavy atom. The molecule has 0 spiro atoms. The number of anilines is 1. The van der Waals surface area contributed by atoms with E-state index in [1.54, 1.807) is 5.57 Å². The zero-order valence-electron chi connectivity index (χ0n) is 14.0. The van der Waals surface area contributed by atoms with Crippen LogP contribution in [0.2, 0.25) is 0 Å². The molecule has 3 aliphatic carbocycles. The minimum Gasteiger partial charge on any atom is -0.369 e. The molecular weight excluding hydrogens is 268 g/mol. The Morgan fingerprint density at radius 3 is 2.41 bits per heavy atom. The largest absolute Gasteiger partial charge is 0.369 e. The minimum absolute atomic E-state index is 0.565. The van der Waals surface area contributed by atoms with Gasteiger partial charge in [0, 0.05) is 38.4 Å². The highest BCUT2D eigenvalue weighted by Gasteiger charge is 2.51. The van der Waals surface area contributed by atoms with Gasteiger partial charge in [-0.15, -0.1) is 0 Å². The SMILES string of the molecule is CC1(C)[C@@H]2CC=C(CN3CCN(c4ccccc4)CC3)[C@H]1C2. The van der Waals surface area contributed by atoms with Gasteiger partial charge in [-0.25, -0.2) is 0 Å². The molecule has 2 heteroatoms. The Morgan fingerprint density at radius 2 is 1.77 bits per heavy atom. The maximum atomic E-state index is 2.67. The summed E-state index contributed by atoms with van der Waals surface area (Å²) in [6.07, 6.45) is 5.33. The molecule has 0 aromatic heterocycles. The van der Waals surface area contributed by atoms with E-state index >= 15 is 0 Å². The van der Waals surface area contributed by atoms with Crippen molar-refractivity contribution in [2.75, 3.05) is 37.6 Å². The molecule has 0 radical (unpaired) electrons. The molecule has 2 nitrogen and oxygen atoms in total. The number of hydrogen-bond donors (Lipinski definition) is 0. The van der Waals surface area contributed by atoms with Gasteiger partial charge >= 0.3 is 0 Å². The van der Waals surface area contributed by atoms with Crippen LogP contribution in [0.15, 0.2) is 42.0 Å². The summed E-state index contributed by atoms with van der Waals surface area (Å²) < 4.78 is 0. The fraction of sp³-hybridized carbons (Fsp3) is 0.600. The van der Waals surface area contributed by atoms with Gasteiger partial charge in [0.2, 0.25) is 0 Å². The molecule has 22 heavy (non-hydrogen) atoms. The first-order chi connectivity index (χ1) is 10.6. The lowest BCUT2D eigenvalue weighted by atomic mass is 9.49. The number of rotatable bonds is 3. The molecule has 0 unspecified atom stereocenters. The minimum atomic E-state index is 0.565. The fourth-order valence-electron chi connectivity index (χ4n) is 4.72. The van der Waals surface area contributed by atoms with Gasteiger partial charge in [-0.3, -0.25) is 4.90 Å². The Labute approximate surface area is 134 Å². The van der Waals surface area contributed by atoms with Crippen LogP contribution in [0.3, 0.4) is 0 Å². The van der Waals surface area contributed by atoms with Gasteiger partial charge in [0.1, 0.15) is 0 Å². The van der Waals surface area contributed by atoms with Gasteiger partial charge in [-0.05, 0) is 42.2 Å². The average molecular weight is 296 g/mol. The van der Waals surface area contributed by atoms with Crippen LogP contribution in [-0.2, 0) is 0 Å². The van der Waals surface area contributed by atoms with E-state index in [9.17, 15) is 0 Å². The third-order valence-electron chi connectivity index (χ3n) is 6.48. The van der Waals surface area contributed by atoms with Gasteiger partial charge in [0.05, 0.1) is 0 Å². The highest BCUT2D eigenvalue weighted by atomic mass is 15.3. The van der Waals surface area contributed by atoms with E-state index in [2.05, 4.69) is 60.1 Å². The van der Waals surface area contributed by atoms with Crippen LogP contribution in [0.25, 0.3) is 0 Å². The monoisotopic (exact) mass is 296 g/mol. The van der Waals surface area contributed by atoms with Crippen LogP contribution < -0.4 is 4.90 Å². The summed E-state index contributed by atoms with van der Waals surface area (Å²) in [4.78, 5) is 5.19. The van der Waals surface area contributed by atoms with E-state index in [0.29, 0.717) is 5.41 Å². The highest BCUT2D eigenvalue weighted by molar-refractivity contribution is 5.46. The number of para-hydroxylation sites is 1. The average Bonchev–Trinajstić information content (AvgIpc) is 2.56. The van der Waals surface area contributed by atoms with Crippen molar-refractivity contribution < 1.29 is 0 Å².